The predicted molar refractivity (Wildman–Crippen MR) is 122 cm³/mol. The van der Waals surface area contributed by atoms with Crippen LogP contribution in [0.1, 0.15) is 10.4 Å². The van der Waals surface area contributed by atoms with E-state index in [0.29, 0.717) is 23.6 Å². The summed E-state index contributed by atoms with van der Waals surface area (Å²) in [4.78, 5) is 15.2. The van der Waals surface area contributed by atoms with Crippen LogP contribution >= 0.6 is 0 Å². The number of carbonyl (C=O) groups is 1. The molecule has 1 amide bonds. The maximum Gasteiger partial charge on any atom is 0.259 e. The second-order valence-electron chi connectivity index (χ2n) is 7.51. The number of methoxy groups -OCH3 is 1. The van der Waals surface area contributed by atoms with Crippen LogP contribution in [0.4, 0.5) is 5.69 Å². The maximum absolute atomic E-state index is 12.8. The van der Waals surface area contributed by atoms with E-state index < -0.39 is 0 Å². The molecule has 168 valence electrons. The van der Waals surface area contributed by atoms with E-state index in [1.165, 1.54) is 0 Å². The fraction of sp³-hybridized carbons (Fsp3) is 0.333. The summed E-state index contributed by atoms with van der Waals surface area (Å²) < 4.78 is 18.6. The Bertz CT molecular complexity index is 1060. The Hall–Kier alpha value is -3.36. The largest absolute Gasteiger partial charge is 0.496 e. The van der Waals surface area contributed by atoms with Crippen molar-refractivity contribution < 1.29 is 19.0 Å². The smallest absolute Gasteiger partial charge is 0.259 e. The highest BCUT2D eigenvalue weighted by molar-refractivity contribution is 6.06. The topological polar surface area (TPSA) is 77.8 Å². The van der Waals surface area contributed by atoms with Crippen molar-refractivity contribution in [2.24, 2.45) is 7.05 Å². The average Bonchev–Trinajstić information content (AvgIpc) is 3.26. The first-order chi connectivity index (χ1) is 15.7. The number of ether oxygens (including phenoxy) is 3. The summed E-state index contributed by atoms with van der Waals surface area (Å²) in [6.07, 6.45) is 1.74. The van der Waals surface area contributed by atoms with Gasteiger partial charge >= 0.3 is 0 Å². The van der Waals surface area contributed by atoms with Crippen molar-refractivity contribution in [2.75, 3.05) is 51.9 Å². The summed E-state index contributed by atoms with van der Waals surface area (Å²) in [5.74, 6) is 1.04. The van der Waals surface area contributed by atoms with E-state index in [0.717, 1.165) is 49.9 Å². The SMILES string of the molecule is COc1ccccc1C(=O)Nc1ccc(OCCN2CCOCC2)c(-c2ccnn2C)c1. The van der Waals surface area contributed by atoms with Crippen LogP contribution in [0, 0.1) is 0 Å². The van der Waals surface area contributed by atoms with Crippen LogP contribution in [0.2, 0.25) is 0 Å². The van der Waals surface area contributed by atoms with E-state index in [4.69, 9.17) is 14.2 Å². The second-order valence-corrected chi connectivity index (χ2v) is 7.51. The highest BCUT2D eigenvalue weighted by Gasteiger charge is 2.16. The number of anilines is 1. The molecule has 1 aliphatic heterocycles. The zero-order valence-electron chi connectivity index (χ0n) is 18.4. The lowest BCUT2D eigenvalue weighted by atomic mass is 10.1. The Morgan fingerprint density at radius 1 is 1.12 bits per heavy atom. The second kappa shape index (κ2) is 10.3. The van der Waals surface area contributed by atoms with Gasteiger partial charge in [-0.05, 0) is 36.4 Å². The number of amides is 1. The minimum absolute atomic E-state index is 0.237. The molecule has 1 fully saturated rings. The Morgan fingerprint density at radius 2 is 1.94 bits per heavy atom. The van der Waals surface area contributed by atoms with E-state index in [2.05, 4.69) is 15.3 Å². The lowest BCUT2D eigenvalue weighted by molar-refractivity contribution is 0.0323. The van der Waals surface area contributed by atoms with E-state index in [9.17, 15) is 4.79 Å². The molecule has 2 aromatic carbocycles. The number of aryl methyl sites for hydroxylation is 1. The molecular formula is C24H28N4O4. The molecule has 1 aliphatic rings. The number of hydrogen-bond acceptors (Lipinski definition) is 6. The van der Waals surface area contributed by atoms with Crippen LogP contribution in [-0.4, -0.2) is 67.2 Å². The molecule has 0 spiro atoms. The van der Waals surface area contributed by atoms with Crippen LogP contribution < -0.4 is 14.8 Å². The molecule has 0 bridgehead atoms. The maximum atomic E-state index is 12.8. The zero-order chi connectivity index (χ0) is 22.3. The number of aromatic nitrogens is 2. The Kier molecular flexibility index (Phi) is 7.03. The number of benzene rings is 2. The van der Waals surface area contributed by atoms with Crippen LogP contribution in [0.15, 0.2) is 54.7 Å². The Balaban J connectivity index is 1.53. The summed E-state index contributed by atoms with van der Waals surface area (Å²) in [6.45, 7) is 4.78. The first-order valence-electron chi connectivity index (χ1n) is 10.7. The number of nitrogens with zero attached hydrogens (tertiary/aromatic N) is 3. The summed E-state index contributed by atoms with van der Waals surface area (Å²) in [5, 5.41) is 7.25. The van der Waals surface area contributed by atoms with Gasteiger partial charge in [0.25, 0.3) is 5.91 Å². The third kappa shape index (κ3) is 5.09. The number of para-hydroxylation sites is 1. The zero-order valence-corrected chi connectivity index (χ0v) is 18.4. The van der Waals surface area contributed by atoms with Crippen molar-refractivity contribution in [1.29, 1.82) is 0 Å². The normalized spacial score (nSPS) is 14.2. The van der Waals surface area contributed by atoms with E-state index in [-0.39, 0.29) is 5.91 Å². The minimum atomic E-state index is -0.237. The summed E-state index contributed by atoms with van der Waals surface area (Å²) in [5.41, 5.74) is 2.91. The van der Waals surface area contributed by atoms with Gasteiger partial charge in [0.1, 0.15) is 18.1 Å². The van der Waals surface area contributed by atoms with E-state index in [1.807, 2.05) is 43.4 Å². The molecule has 0 unspecified atom stereocenters. The van der Waals surface area contributed by atoms with Crippen molar-refractivity contribution in [3.63, 3.8) is 0 Å². The number of nitrogens with one attached hydrogen (secondary N) is 1. The van der Waals surface area contributed by atoms with E-state index >= 15 is 0 Å². The van der Waals surface area contributed by atoms with Gasteiger partial charge in [-0.25, -0.2) is 0 Å². The van der Waals surface area contributed by atoms with Gasteiger partial charge in [-0.15, -0.1) is 0 Å². The van der Waals surface area contributed by atoms with Gasteiger partial charge in [-0.3, -0.25) is 14.4 Å². The van der Waals surface area contributed by atoms with Gasteiger partial charge in [0.2, 0.25) is 0 Å². The number of morpholine rings is 1. The van der Waals surface area contributed by atoms with Gasteiger partial charge < -0.3 is 19.5 Å². The Labute approximate surface area is 187 Å². The molecule has 8 heteroatoms. The molecule has 1 aromatic heterocycles. The van der Waals surface area contributed by atoms with Crippen molar-refractivity contribution in [2.45, 2.75) is 0 Å². The van der Waals surface area contributed by atoms with Crippen LogP contribution in [0.3, 0.4) is 0 Å². The highest BCUT2D eigenvalue weighted by atomic mass is 16.5. The minimum Gasteiger partial charge on any atom is -0.496 e. The third-order valence-electron chi connectivity index (χ3n) is 5.45. The molecule has 2 heterocycles. The summed E-state index contributed by atoms with van der Waals surface area (Å²) in [6, 6.07) is 14.7. The molecule has 8 nitrogen and oxygen atoms in total. The van der Waals surface area contributed by atoms with Crippen molar-refractivity contribution in [1.82, 2.24) is 14.7 Å². The van der Waals surface area contributed by atoms with Crippen molar-refractivity contribution in [3.05, 3.63) is 60.3 Å². The number of rotatable bonds is 8. The quantitative estimate of drug-likeness (QED) is 0.585. The molecular weight excluding hydrogens is 408 g/mol. The van der Waals surface area contributed by atoms with Crippen molar-refractivity contribution >= 4 is 11.6 Å². The van der Waals surface area contributed by atoms with Gasteiger partial charge in [0, 0.05) is 44.1 Å². The number of carbonyl (C=O) groups excluding carboxylic acids is 1. The molecule has 0 atom stereocenters. The molecule has 0 saturated carbocycles. The standard InChI is InChI=1S/C24H28N4O4/c1-27-21(9-10-25-27)20-17-18(26-24(29)19-5-3-4-6-22(19)30-2)7-8-23(20)32-16-13-28-11-14-31-15-12-28/h3-10,17H,11-16H2,1-2H3,(H,26,29). The average molecular weight is 437 g/mol. The third-order valence-corrected chi connectivity index (χ3v) is 5.45. The lowest BCUT2D eigenvalue weighted by Gasteiger charge is -2.26. The molecule has 0 aliphatic carbocycles. The highest BCUT2D eigenvalue weighted by Crippen LogP contribution is 2.33. The molecule has 1 saturated heterocycles. The van der Waals surface area contributed by atoms with Crippen LogP contribution in [0.5, 0.6) is 11.5 Å². The first-order valence-corrected chi connectivity index (χ1v) is 10.7. The predicted octanol–water partition coefficient (Wildman–Crippen LogP) is 3.06. The summed E-state index contributed by atoms with van der Waals surface area (Å²) >= 11 is 0. The lowest BCUT2D eigenvalue weighted by Crippen LogP contribution is -2.38. The van der Waals surface area contributed by atoms with Crippen molar-refractivity contribution in [3.8, 4) is 22.8 Å². The molecule has 1 N–H and O–H groups in total. The van der Waals surface area contributed by atoms with Gasteiger partial charge in [-0.2, -0.15) is 5.10 Å². The fourth-order valence-corrected chi connectivity index (χ4v) is 3.71. The van der Waals surface area contributed by atoms with Gasteiger partial charge in [0.05, 0.1) is 31.6 Å². The first kappa shape index (κ1) is 21.9. The Morgan fingerprint density at radius 3 is 2.69 bits per heavy atom. The molecule has 3 aromatic rings. The van der Waals surface area contributed by atoms with E-state index in [1.54, 1.807) is 30.1 Å². The van der Waals surface area contributed by atoms with Gasteiger partial charge in [-0.1, -0.05) is 12.1 Å². The number of hydrogen-bond donors (Lipinski definition) is 1. The van der Waals surface area contributed by atoms with Crippen LogP contribution in [-0.2, 0) is 11.8 Å². The summed E-state index contributed by atoms with van der Waals surface area (Å²) in [7, 11) is 3.43. The van der Waals surface area contributed by atoms with Crippen LogP contribution in [0.25, 0.3) is 11.3 Å². The fourth-order valence-electron chi connectivity index (χ4n) is 3.71. The molecule has 0 radical (unpaired) electrons. The molecule has 4 rings (SSSR count). The molecule has 32 heavy (non-hydrogen) atoms. The monoisotopic (exact) mass is 436 g/mol. The van der Waals surface area contributed by atoms with Gasteiger partial charge in [0.15, 0.2) is 0 Å².